The highest BCUT2D eigenvalue weighted by Gasteiger charge is 2.39. The lowest BCUT2D eigenvalue weighted by atomic mass is 9.76. The molecule has 0 saturated heterocycles. The number of amides is 1. The summed E-state index contributed by atoms with van der Waals surface area (Å²) < 4.78 is 6.33. The molecule has 1 aliphatic carbocycles. The molecule has 0 heterocycles. The summed E-state index contributed by atoms with van der Waals surface area (Å²) >= 11 is 9.63. The standard InChI is InChI=1S/C17H24BrClN2O2/c1-16(2,3)23-15(22)21-17(7-4-8-17)11-20-10-12-5-6-13(18)9-14(12)19/h5-6,9,20H,4,7-8,10-11H2,1-3H3,(H,21,22). The maximum absolute atomic E-state index is 12.0. The van der Waals surface area contributed by atoms with E-state index in [0.717, 1.165) is 34.3 Å². The van der Waals surface area contributed by atoms with Crippen LogP contribution in [-0.4, -0.2) is 23.8 Å². The number of rotatable bonds is 5. The summed E-state index contributed by atoms with van der Waals surface area (Å²) in [7, 11) is 0. The molecule has 128 valence electrons. The Morgan fingerprint density at radius 2 is 2.09 bits per heavy atom. The molecule has 0 radical (unpaired) electrons. The first kappa shape index (κ1) is 18.6. The number of nitrogens with one attached hydrogen (secondary N) is 2. The first-order chi connectivity index (χ1) is 10.7. The van der Waals surface area contributed by atoms with Crippen LogP contribution in [0, 0.1) is 0 Å². The van der Waals surface area contributed by atoms with Gasteiger partial charge in [-0.3, -0.25) is 0 Å². The van der Waals surface area contributed by atoms with E-state index in [1.54, 1.807) is 0 Å². The predicted octanol–water partition coefficient (Wildman–Crippen LogP) is 4.64. The van der Waals surface area contributed by atoms with Crippen LogP contribution in [0.2, 0.25) is 5.02 Å². The molecule has 1 fully saturated rings. The normalized spacial score (nSPS) is 16.6. The van der Waals surface area contributed by atoms with Crippen LogP contribution in [-0.2, 0) is 11.3 Å². The number of carbonyl (C=O) groups excluding carboxylic acids is 1. The molecular formula is C17H24BrClN2O2. The molecule has 0 bridgehead atoms. The fourth-order valence-corrected chi connectivity index (χ4v) is 3.31. The van der Waals surface area contributed by atoms with Crippen LogP contribution in [0.3, 0.4) is 0 Å². The molecule has 2 rings (SSSR count). The van der Waals surface area contributed by atoms with E-state index >= 15 is 0 Å². The van der Waals surface area contributed by atoms with E-state index < -0.39 is 5.60 Å². The summed E-state index contributed by atoms with van der Waals surface area (Å²) in [5, 5.41) is 7.17. The third-order valence-electron chi connectivity index (χ3n) is 3.87. The lowest BCUT2D eigenvalue weighted by Crippen LogP contribution is -2.59. The van der Waals surface area contributed by atoms with Gasteiger partial charge in [0.25, 0.3) is 0 Å². The quantitative estimate of drug-likeness (QED) is 0.753. The largest absolute Gasteiger partial charge is 0.444 e. The molecule has 6 heteroatoms. The fraction of sp³-hybridized carbons (Fsp3) is 0.588. The summed E-state index contributed by atoms with van der Waals surface area (Å²) in [6, 6.07) is 5.85. The molecule has 0 atom stereocenters. The third-order valence-corrected chi connectivity index (χ3v) is 4.72. The molecule has 2 N–H and O–H groups in total. The Kier molecular flexibility index (Phi) is 5.98. The van der Waals surface area contributed by atoms with Gasteiger partial charge in [-0.05, 0) is 57.7 Å². The predicted molar refractivity (Wildman–Crippen MR) is 96.8 cm³/mol. The van der Waals surface area contributed by atoms with Crippen LogP contribution >= 0.6 is 27.5 Å². The number of benzene rings is 1. The Balaban J connectivity index is 1.86. The Hall–Kier alpha value is -0.780. The number of hydrogen-bond acceptors (Lipinski definition) is 3. The second-order valence-corrected chi connectivity index (χ2v) is 8.42. The van der Waals surface area contributed by atoms with Gasteiger partial charge in [0, 0.05) is 22.6 Å². The van der Waals surface area contributed by atoms with E-state index in [4.69, 9.17) is 16.3 Å². The van der Waals surface area contributed by atoms with Crippen molar-refractivity contribution in [2.75, 3.05) is 6.54 Å². The van der Waals surface area contributed by atoms with Crippen molar-refractivity contribution in [1.82, 2.24) is 10.6 Å². The molecule has 23 heavy (non-hydrogen) atoms. The number of alkyl carbamates (subject to hydrolysis) is 1. The van der Waals surface area contributed by atoms with Gasteiger partial charge in [0.2, 0.25) is 0 Å². The fourth-order valence-electron chi connectivity index (χ4n) is 2.57. The van der Waals surface area contributed by atoms with Gasteiger partial charge in [-0.1, -0.05) is 33.6 Å². The van der Waals surface area contributed by atoms with Gasteiger partial charge in [-0.25, -0.2) is 4.79 Å². The Morgan fingerprint density at radius 3 is 2.61 bits per heavy atom. The zero-order chi connectivity index (χ0) is 17.1. The SMILES string of the molecule is CC(C)(C)OC(=O)NC1(CNCc2ccc(Br)cc2Cl)CCC1. The number of halogens is 2. The van der Waals surface area contributed by atoms with E-state index in [9.17, 15) is 4.79 Å². The average Bonchev–Trinajstić information content (AvgIpc) is 2.36. The molecular weight excluding hydrogens is 380 g/mol. The number of hydrogen-bond donors (Lipinski definition) is 2. The van der Waals surface area contributed by atoms with Crippen molar-refractivity contribution in [3.63, 3.8) is 0 Å². The summed E-state index contributed by atoms with van der Waals surface area (Å²) in [5.41, 5.74) is 0.360. The van der Waals surface area contributed by atoms with E-state index in [1.165, 1.54) is 0 Å². The van der Waals surface area contributed by atoms with Crippen LogP contribution in [0.15, 0.2) is 22.7 Å². The Morgan fingerprint density at radius 1 is 1.39 bits per heavy atom. The molecule has 1 aromatic rings. The second-order valence-electron chi connectivity index (χ2n) is 7.10. The van der Waals surface area contributed by atoms with Crippen molar-refractivity contribution in [1.29, 1.82) is 0 Å². The van der Waals surface area contributed by atoms with Gasteiger partial charge in [-0.15, -0.1) is 0 Å². The van der Waals surface area contributed by atoms with Gasteiger partial charge < -0.3 is 15.4 Å². The molecule has 1 aliphatic rings. The van der Waals surface area contributed by atoms with E-state index in [0.29, 0.717) is 13.1 Å². The summed E-state index contributed by atoms with van der Waals surface area (Å²) in [4.78, 5) is 12.0. The molecule has 0 aliphatic heterocycles. The van der Waals surface area contributed by atoms with Gasteiger partial charge in [0.15, 0.2) is 0 Å². The van der Waals surface area contributed by atoms with E-state index in [1.807, 2.05) is 39.0 Å². The molecule has 4 nitrogen and oxygen atoms in total. The lowest BCUT2D eigenvalue weighted by molar-refractivity contribution is 0.0382. The van der Waals surface area contributed by atoms with Crippen molar-refractivity contribution in [3.05, 3.63) is 33.3 Å². The topological polar surface area (TPSA) is 50.4 Å². The van der Waals surface area contributed by atoms with Gasteiger partial charge in [-0.2, -0.15) is 0 Å². The molecule has 1 amide bonds. The molecule has 1 aromatic carbocycles. The minimum absolute atomic E-state index is 0.204. The second kappa shape index (κ2) is 7.41. The number of ether oxygens (including phenoxy) is 1. The molecule has 0 spiro atoms. The highest BCUT2D eigenvalue weighted by Crippen LogP contribution is 2.32. The van der Waals surface area contributed by atoms with E-state index in [2.05, 4.69) is 26.6 Å². The minimum atomic E-state index is -0.479. The van der Waals surface area contributed by atoms with E-state index in [-0.39, 0.29) is 11.6 Å². The van der Waals surface area contributed by atoms with Crippen molar-refractivity contribution in [2.24, 2.45) is 0 Å². The van der Waals surface area contributed by atoms with Gasteiger partial charge in [0.1, 0.15) is 5.60 Å². The first-order valence-corrected chi connectivity index (χ1v) is 9.02. The minimum Gasteiger partial charge on any atom is -0.444 e. The van der Waals surface area contributed by atoms with Crippen molar-refractivity contribution < 1.29 is 9.53 Å². The summed E-state index contributed by atoms with van der Waals surface area (Å²) in [6.07, 6.45) is 2.71. The molecule has 1 saturated carbocycles. The molecule has 0 aromatic heterocycles. The monoisotopic (exact) mass is 402 g/mol. The maximum atomic E-state index is 12.0. The summed E-state index contributed by atoms with van der Waals surface area (Å²) in [5.74, 6) is 0. The van der Waals surface area contributed by atoms with Crippen LogP contribution < -0.4 is 10.6 Å². The van der Waals surface area contributed by atoms with Crippen molar-refractivity contribution >= 4 is 33.6 Å². The Bertz CT molecular complexity index is 568. The van der Waals surface area contributed by atoms with Crippen LogP contribution in [0.4, 0.5) is 4.79 Å². The first-order valence-electron chi connectivity index (χ1n) is 7.85. The highest BCUT2D eigenvalue weighted by molar-refractivity contribution is 9.10. The van der Waals surface area contributed by atoms with Crippen molar-refractivity contribution in [3.8, 4) is 0 Å². The van der Waals surface area contributed by atoms with Crippen LogP contribution in [0.1, 0.15) is 45.6 Å². The average molecular weight is 404 g/mol. The smallest absolute Gasteiger partial charge is 0.408 e. The lowest BCUT2D eigenvalue weighted by Gasteiger charge is -2.42. The Labute approximate surface area is 151 Å². The van der Waals surface area contributed by atoms with Crippen LogP contribution in [0.25, 0.3) is 0 Å². The zero-order valence-corrected chi connectivity index (χ0v) is 16.2. The van der Waals surface area contributed by atoms with Crippen LogP contribution in [0.5, 0.6) is 0 Å². The van der Waals surface area contributed by atoms with Crippen molar-refractivity contribution in [2.45, 2.75) is 57.7 Å². The van der Waals surface area contributed by atoms with Gasteiger partial charge in [0.05, 0.1) is 5.54 Å². The number of carbonyl (C=O) groups is 1. The maximum Gasteiger partial charge on any atom is 0.408 e. The highest BCUT2D eigenvalue weighted by atomic mass is 79.9. The van der Waals surface area contributed by atoms with Gasteiger partial charge >= 0.3 is 6.09 Å². The third kappa shape index (κ3) is 5.66. The zero-order valence-electron chi connectivity index (χ0n) is 13.8. The summed E-state index contributed by atoms with van der Waals surface area (Å²) in [6.45, 7) is 6.98. The molecule has 0 unspecified atom stereocenters.